The normalized spacial score (nSPS) is 14.7. The highest BCUT2D eigenvalue weighted by Gasteiger charge is 2.35. The summed E-state index contributed by atoms with van der Waals surface area (Å²) in [5.74, 6) is 0. The molecule has 3 nitrogen and oxygen atoms in total. The molecule has 0 spiro atoms. The SMILES string of the molecule is c1ccc(-c2[nH]c3ccccc3c2C2N(c3ccccc3)CCCN2c2ccccc2)cc1. The second kappa shape index (κ2) is 8.51. The molecule has 4 aromatic carbocycles. The molecule has 0 amide bonds. The lowest BCUT2D eigenvalue weighted by Crippen LogP contribution is -2.48. The Kier molecular flexibility index (Phi) is 5.08. The van der Waals surface area contributed by atoms with Gasteiger partial charge in [0, 0.05) is 40.9 Å². The number of nitrogens with zero attached hydrogens (tertiary/aromatic N) is 2. The Morgan fingerprint density at radius 1 is 0.576 bits per heavy atom. The van der Waals surface area contributed by atoms with E-state index < -0.39 is 0 Å². The van der Waals surface area contributed by atoms with Gasteiger partial charge in [0.25, 0.3) is 0 Å². The molecule has 1 aliphatic rings. The van der Waals surface area contributed by atoms with Crippen LogP contribution >= 0.6 is 0 Å². The van der Waals surface area contributed by atoms with Gasteiger partial charge < -0.3 is 14.8 Å². The summed E-state index contributed by atoms with van der Waals surface area (Å²) in [6.07, 6.45) is 1.19. The Morgan fingerprint density at radius 2 is 1.09 bits per heavy atom. The monoisotopic (exact) mass is 429 g/mol. The number of nitrogens with one attached hydrogen (secondary N) is 1. The largest absolute Gasteiger partial charge is 0.354 e. The van der Waals surface area contributed by atoms with Crippen LogP contribution in [0.2, 0.25) is 0 Å². The molecule has 0 radical (unpaired) electrons. The molecule has 5 aromatic rings. The van der Waals surface area contributed by atoms with Crippen LogP contribution in [0.1, 0.15) is 18.2 Å². The lowest BCUT2D eigenvalue weighted by atomic mass is 9.98. The fraction of sp³-hybridized carbons (Fsp3) is 0.133. The van der Waals surface area contributed by atoms with Gasteiger partial charge in [-0.3, -0.25) is 0 Å². The van der Waals surface area contributed by atoms with Gasteiger partial charge in [-0.25, -0.2) is 0 Å². The van der Waals surface area contributed by atoms with Crippen LogP contribution in [-0.2, 0) is 0 Å². The number of hydrogen-bond acceptors (Lipinski definition) is 2. The molecular weight excluding hydrogens is 402 g/mol. The average molecular weight is 430 g/mol. The Hall–Kier alpha value is -3.98. The number of hydrogen-bond donors (Lipinski definition) is 1. The van der Waals surface area contributed by atoms with Crippen LogP contribution in [-0.4, -0.2) is 18.1 Å². The highest BCUT2D eigenvalue weighted by atomic mass is 15.4. The molecule has 0 unspecified atom stereocenters. The molecule has 2 heterocycles. The van der Waals surface area contributed by atoms with Crippen molar-refractivity contribution >= 4 is 22.3 Å². The van der Waals surface area contributed by atoms with Crippen LogP contribution in [0.5, 0.6) is 0 Å². The highest BCUT2D eigenvalue weighted by Crippen LogP contribution is 2.43. The van der Waals surface area contributed by atoms with Gasteiger partial charge in [0.1, 0.15) is 6.17 Å². The second-order valence-electron chi connectivity index (χ2n) is 8.61. The van der Waals surface area contributed by atoms with Crippen molar-refractivity contribution in [3.63, 3.8) is 0 Å². The fourth-order valence-electron chi connectivity index (χ4n) is 5.18. The molecular formula is C30H27N3. The maximum atomic E-state index is 3.77. The maximum absolute atomic E-state index is 3.77. The number of aromatic nitrogens is 1. The zero-order valence-electron chi connectivity index (χ0n) is 18.6. The summed E-state index contributed by atoms with van der Waals surface area (Å²) in [5, 5.41) is 1.28. The van der Waals surface area contributed by atoms with E-state index in [1.165, 1.54) is 39.1 Å². The number of rotatable bonds is 4. The molecule has 0 atom stereocenters. The Balaban J connectivity index is 1.62. The van der Waals surface area contributed by atoms with Gasteiger partial charge in [-0.2, -0.15) is 0 Å². The molecule has 0 aliphatic carbocycles. The smallest absolute Gasteiger partial charge is 0.131 e. The van der Waals surface area contributed by atoms with E-state index in [1.807, 2.05) is 0 Å². The van der Waals surface area contributed by atoms with Crippen LogP contribution in [0.4, 0.5) is 11.4 Å². The first-order valence-corrected chi connectivity index (χ1v) is 11.7. The summed E-state index contributed by atoms with van der Waals surface area (Å²) >= 11 is 0. The summed E-state index contributed by atoms with van der Waals surface area (Å²) in [7, 11) is 0. The number of H-pyrrole nitrogens is 1. The van der Waals surface area contributed by atoms with Gasteiger partial charge in [0.05, 0.1) is 5.69 Å². The number of benzene rings is 4. The van der Waals surface area contributed by atoms with Crippen LogP contribution in [0.15, 0.2) is 115 Å². The minimum Gasteiger partial charge on any atom is -0.354 e. The standard InChI is InChI=1S/C30H27N3/c1-4-13-23(14-5-1)29-28(26-19-10-11-20-27(26)31-29)30-32(24-15-6-2-7-16-24)21-12-22-33(30)25-17-8-3-9-18-25/h1-11,13-20,30-31H,12,21-22H2. The third kappa shape index (κ3) is 3.56. The van der Waals surface area contributed by atoms with Crippen molar-refractivity contribution in [3.8, 4) is 11.3 Å². The maximum Gasteiger partial charge on any atom is 0.131 e. The number of anilines is 2. The van der Waals surface area contributed by atoms with Crippen molar-refractivity contribution in [2.75, 3.05) is 22.9 Å². The first-order valence-electron chi connectivity index (χ1n) is 11.7. The van der Waals surface area contributed by atoms with Crippen LogP contribution in [0.3, 0.4) is 0 Å². The molecule has 3 heteroatoms. The third-order valence-electron chi connectivity index (χ3n) is 6.63. The lowest BCUT2D eigenvalue weighted by molar-refractivity contribution is 0.506. The van der Waals surface area contributed by atoms with E-state index in [1.54, 1.807) is 0 Å². The van der Waals surface area contributed by atoms with Crippen LogP contribution in [0.25, 0.3) is 22.2 Å². The van der Waals surface area contributed by atoms with E-state index in [0.717, 1.165) is 19.5 Å². The fourth-order valence-corrected chi connectivity index (χ4v) is 5.18. The molecule has 1 aromatic heterocycles. The summed E-state index contributed by atoms with van der Waals surface area (Å²) in [5.41, 5.74) is 7.45. The molecule has 1 aliphatic heterocycles. The van der Waals surface area contributed by atoms with Gasteiger partial charge in [-0.15, -0.1) is 0 Å². The van der Waals surface area contributed by atoms with E-state index >= 15 is 0 Å². The molecule has 1 saturated heterocycles. The van der Waals surface area contributed by atoms with Gasteiger partial charge in [0.15, 0.2) is 0 Å². The predicted molar refractivity (Wildman–Crippen MR) is 139 cm³/mol. The zero-order valence-corrected chi connectivity index (χ0v) is 18.6. The van der Waals surface area contributed by atoms with E-state index in [4.69, 9.17) is 0 Å². The highest BCUT2D eigenvalue weighted by molar-refractivity contribution is 5.92. The van der Waals surface area contributed by atoms with Crippen molar-refractivity contribution in [1.82, 2.24) is 4.98 Å². The molecule has 0 saturated carbocycles. The van der Waals surface area contributed by atoms with Gasteiger partial charge in [0.2, 0.25) is 0 Å². The average Bonchev–Trinajstić information content (AvgIpc) is 3.29. The van der Waals surface area contributed by atoms with Crippen molar-refractivity contribution in [3.05, 3.63) is 121 Å². The van der Waals surface area contributed by atoms with Crippen molar-refractivity contribution < 1.29 is 0 Å². The summed E-state index contributed by atoms with van der Waals surface area (Å²) < 4.78 is 0. The topological polar surface area (TPSA) is 22.3 Å². The number of para-hydroxylation sites is 3. The Morgan fingerprint density at radius 3 is 1.70 bits per heavy atom. The minimum absolute atomic E-state index is 0.0786. The second-order valence-corrected chi connectivity index (χ2v) is 8.61. The molecule has 6 rings (SSSR count). The molecule has 33 heavy (non-hydrogen) atoms. The molecule has 162 valence electrons. The van der Waals surface area contributed by atoms with Crippen molar-refractivity contribution in [1.29, 1.82) is 0 Å². The minimum atomic E-state index is 0.0786. The van der Waals surface area contributed by atoms with Gasteiger partial charge in [-0.1, -0.05) is 84.9 Å². The van der Waals surface area contributed by atoms with Gasteiger partial charge >= 0.3 is 0 Å². The molecule has 1 N–H and O–H groups in total. The van der Waals surface area contributed by atoms with Crippen LogP contribution in [0, 0.1) is 0 Å². The van der Waals surface area contributed by atoms with E-state index in [9.17, 15) is 0 Å². The van der Waals surface area contributed by atoms with E-state index in [0.29, 0.717) is 0 Å². The van der Waals surface area contributed by atoms with E-state index in [-0.39, 0.29) is 6.17 Å². The third-order valence-corrected chi connectivity index (χ3v) is 6.63. The zero-order chi connectivity index (χ0) is 22.0. The first-order chi connectivity index (χ1) is 16.4. The van der Waals surface area contributed by atoms with E-state index in [2.05, 4.69) is 130 Å². The van der Waals surface area contributed by atoms with Crippen molar-refractivity contribution in [2.45, 2.75) is 12.6 Å². The lowest BCUT2D eigenvalue weighted by Gasteiger charge is -2.47. The quantitative estimate of drug-likeness (QED) is 0.325. The predicted octanol–water partition coefficient (Wildman–Crippen LogP) is 7.25. The molecule has 1 fully saturated rings. The van der Waals surface area contributed by atoms with Crippen LogP contribution < -0.4 is 9.80 Å². The summed E-state index contributed by atoms with van der Waals surface area (Å²) in [6.45, 7) is 2.04. The summed E-state index contributed by atoms with van der Waals surface area (Å²) in [6, 6.07) is 41.1. The Labute approximate surface area is 194 Å². The number of fused-ring (bicyclic) bond motifs is 1. The van der Waals surface area contributed by atoms with Crippen molar-refractivity contribution in [2.24, 2.45) is 0 Å². The van der Waals surface area contributed by atoms with Gasteiger partial charge in [-0.05, 0) is 42.3 Å². The number of aromatic amines is 1. The summed E-state index contributed by atoms with van der Waals surface area (Å²) in [4.78, 5) is 8.90. The first kappa shape index (κ1) is 19.7. The Bertz CT molecular complexity index is 1300. The molecule has 0 bridgehead atoms.